The highest BCUT2D eigenvalue weighted by molar-refractivity contribution is 6.13. The van der Waals surface area contributed by atoms with Crippen molar-refractivity contribution in [3.8, 4) is 0 Å². The van der Waals surface area contributed by atoms with Crippen LogP contribution in [0, 0.1) is 0 Å². The zero-order valence-corrected chi connectivity index (χ0v) is 10.8. The van der Waals surface area contributed by atoms with Gasteiger partial charge >= 0.3 is 11.9 Å². The number of carboxylic acids is 2. The second kappa shape index (κ2) is 4.63. The van der Waals surface area contributed by atoms with Gasteiger partial charge in [-0.3, -0.25) is 0 Å². The molecule has 1 aliphatic carbocycles. The van der Waals surface area contributed by atoms with Gasteiger partial charge in [0.1, 0.15) is 0 Å². The maximum Gasteiger partial charge on any atom is 0.337 e. The summed E-state index contributed by atoms with van der Waals surface area (Å²) in [5, 5.41) is 20.3. The Balaban J connectivity index is 2.52. The lowest BCUT2D eigenvalue weighted by Gasteiger charge is -2.22. The van der Waals surface area contributed by atoms with Crippen LogP contribution >= 0.6 is 0 Å². The molecule has 0 atom stereocenters. The number of aryl methyl sites for hydroxylation is 1. The summed E-state index contributed by atoms with van der Waals surface area (Å²) < 4.78 is 0. The van der Waals surface area contributed by atoms with E-state index in [0.29, 0.717) is 17.4 Å². The van der Waals surface area contributed by atoms with Crippen molar-refractivity contribution in [1.29, 1.82) is 0 Å². The van der Waals surface area contributed by atoms with Gasteiger partial charge in [-0.2, -0.15) is 0 Å². The molecule has 2 aromatic carbocycles. The lowest BCUT2D eigenvalue weighted by atomic mass is 9.81. The van der Waals surface area contributed by atoms with Gasteiger partial charge in [0.2, 0.25) is 0 Å². The Morgan fingerprint density at radius 2 is 1.35 bits per heavy atom. The maximum absolute atomic E-state index is 11.6. The normalized spacial score (nSPS) is 14.0. The lowest BCUT2D eigenvalue weighted by molar-refractivity contribution is 0.0652. The van der Waals surface area contributed by atoms with E-state index in [1.807, 2.05) is 12.1 Å². The largest absolute Gasteiger partial charge is 0.478 e. The molecule has 20 heavy (non-hydrogen) atoms. The molecule has 2 N–H and O–H groups in total. The van der Waals surface area contributed by atoms with E-state index < -0.39 is 11.9 Å². The van der Waals surface area contributed by atoms with Crippen molar-refractivity contribution in [2.24, 2.45) is 0 Å². The van der Waals surface area contributed by atoms with Crippen LogP contribution in [0.25, 0.3) is 10.8 Å². The summed E-state index contributed by atoms with van der Waals surface area (Å²) in [7, 11) is 0. The third-order valence-electron chi connectivity index (χ3n) is 3.97. The molecule has 0 bridgehead atoms. The summed E-state index contributed by atoms with van der Waals surface area (Å²) in [6.45, 7) is 0. The second-order valence-electron chi connectivity index (χ2n) is 5.07. The van der Waals surface area contributed by atoms with Gasteiger partial charge in [-0.05, 0) is 47.6 Å². The van der Waals surface area contributed by atoms with Crippen molar-refractivity contribution < 1.29 is 19.8 Å². The molecule has 0 radical (unpaired) electrons. The van der Waals surface area contributed by atoms with Crippen LogP contribution in [0.2, 0.25) is 0 Å². The van der Waals surface area contributed by atoms with E-state index in [-0.39, 0.29) is 11.1 Å². The number of hydrogen-bond acceptors (Lipinski definition) is 2. The Hall–Kier alpha value is -2.36. The minimum absolute atomic E-state index is 0.0223. The van der Waals surface area contributed by atoms with E-state index in [1.54, 1.807) is 12.1 Å². The highest BCUT2D eigenvalue weighted by Gasteiger charge is 2.27. The molecule has 1 aliphatic rings. The highest BCUT2D eigenvalue weighted by Crippen LogP contribution is 2.35. The first-order valence-electron chi connectivity index (χ1n) is 6.64. The van der Waals surface area contributed by atoms with Crippen LogP contribution in [0.1, 0.15) is 44.7 Å². The van der Waals surface area contributed by atoms with Gasteiger partial charge < -0.3 is 10.2 Å². The van der Waals surface area contributed by atoms with Crippen LogP contribution in [0.15, 0.2) is 24.3 Å². The summed E-state index contributed by atoms with van der Waals surface area (Å²) >= 11 is 0. The fourth-order valence-electron chi connectivity index (χ4n) is 3.19. The van der Waals surface area contributed by atoms with Gasteiger partial charge in [-0.25, -0.2) is 9.59 Å². The molecule has 2 aromatic rings. The van der Waals surface area contributed by atoms with Crippen molar-refractivity contribution in [3.63, 3.8) is 0 Å². The van der Waals surface area contributed by atoms with Gasteiger partial charge in [0.05, 0.1) is 11.1 Å². The van der Waals surface area contributed by atoms with E-state index in [9.17, 15) is 19.8 Å². The molecular formula is C16H14O4. The van der Waals surface area contributed by atoms with Crippen molar-refractivity contribution >= 4 is 22.7 Å². The van der Waals surface area contributed by atoms with E-state index in [0.717, 1.165) is 30.2 Å². The van der Waals surface area contributed by atoms with Crippen LogP contribution < -0.4 is 0 Å². The van der Waals surface area contributed by atoms with Crippen molar-refractivity contribution in [1.82, 2.24) is 0 Å². The van der Waals surface area contributed by atoms with Crippen LogP contribution in [0.3, 0.4) is 0 Å². The third-order valence-corrected chi connectivity index (χ3v) is 3.97. The van der Waals surface area contributed by atoms with Crippen molar-refractivity contribution in [3.05, 3.63) is 46.5 Å². The maximum atomic E-state index is 11.6. The molecular weight excluding hydrogens is 256 g/mol. The SMILES string of the molecule is O=C(O)c1c2c(c3ccccc3c1C(=O)O)CCCC2. The van der Waals surface area contributed by atoms with E-state index in [1.165, 1.54) is 0 Å². The number of fused-ring (bicyclic) bond motifs is 3. The average Bonchev–Trinajstić information content (AvgIpc) is 2.45. The zero-order valence-electron chi connectivity index (χ0n) is 10.8. The Labute approximate surface area is 115 Å². The zero-order chi connectivity index (χ0) is 14.3. The number of aromatic carboxylic acids is 2. The van der Waals surface area contributed by atoms with E-state index in [2.05, 4.69) is 0 Å². The van der Waals surface area contributed by atoms with E-state index >= 15 is 0 Å². The quantitative estimate of drug-likeness (QED) is 0.879. The molecule has 0 heterocycles. The molecule has 0 spiro atoms. The monoisotopic (exact) mass is 270 g/mol. The molecule has 0 amide bonds. The number of carboxylic acid groups (broad SMARTS) is 2. The van der Waals surface area contributed by atoms with E-state index in [4.69, 9.17) is 0 Å². The third kappa shape index (κ3) is 1.76. The first kappa shape index (κ1) is 12.7. The molecule has 0 unspecified atom stereocenters. The molecule has 4 heteroatoms. The minimum Gasteiger partial charge on any atom is -0.478 e. The molecule has 4 nitrogen and oxygen atoms in total. The molecule has 0 fully saturated rings. The Kier molecular flexibility index (Phi) is 2.93. The summed E-state index contributed by atoms with van der Waals surface area (Å²) in [6.07, 6.45) is 3.38. The predicted octanol–water partition coefficient (Wildman–Crippen LogP) is 3.12. The van der Waals surface area contributed by atoms with Crippen LogP contribution in [-0.2, 0) is 12.8 Å². The number of hydrogen-bond donors (Lipinski definition) is 2. The van der Waals surface area contributed by atoms with Gasteiger partial charge in [-0.1, -0.05) is 24.3 Å². The Bertz CT molecular complexity index is 731. The fraction of sp³-hybridized carbons (Fsp3) is 0.250. The van der Waals surface area contributed by atoms with Crippen molar-refractivity contribution in [2.45, 2.75) is 25.7 Å². The van der Waals surface area contributed by atoms with Gasteiger partial charge in [0.25, 0.3) is 0 Å². The molecule has 0 aromatic heterocycles. The number of rotatable bonds is 2. The minimum atomic E-state index is -1.17. The molecule has 0 saturated heterocycles. The second-order valence-corrected chi connectivity index (χ2v) is 5.07. The molecule has 102 valence electrons. The smallest absolute Gasteiger partial charge is 0.337 e. The first-order chi connectivity index (χ1) is 9.61. The molecule has 0 saturated carbocycles. The number of carbonyl (C=O) groups is 2. The summed E-state index contributed by atoms with van der Waals surface area (Å²) in [5.74, 6) is -2.32. The average molecular weight is 270 g/mol. The summed E-state index contributed by atoms with van der Waals surface area (Å²) in [6, 6.07) is 7.19. The standard InChI is InChI=1S/C16H14O4/c17-15(18)13-11-7-3-1-5-9(11)10-6-2-4-8-12(10)14(13)16(19)20/h1,3,5,7H,2,4,6,8H2,(H,17,18)(H,19,20). The summed E-state index contributed by atoms with van der Waals surface area (Å²) in [5.41, 5.74) is 1.62. The van der Waals surface area contributed by atoms with Crippen molar-refractivity contribution in [2.75, 3.05) is 0 Å². The Morgan fingerprint density at radius 1 is 0.800 bits per heavy atom. The van der Waals surface area contributed by atoms with Gasteiger partial charge in [-0.15, -0.1) is 0 Å². The lowest BCUT2D eigenvalue weighted by Crippen LogP contribution is -2.17. The Morgan fingerprint density at radius 3 is 1.95 bits per heavy atom. The van der Waals surface area contributed by atoms with Crippen LogP contribution in [0.5, 0.6) is 0 Å². The number of benzene rings is 2. The molecule has 3 rings (SSSR count). The van der Waals surface area contributed by atoms with Gasteiger partial charge in [0.15, 0.2) is 0 Å². The first-order valence-corrected chi connectivity index (χ1v) is 6.64. The summed E-state index contributed by atoms with van der Waals surface area (Å²) in [4.78, 5) is 23.1. The topological polar surface area (TPSA) is 74.6 Å². The fourth-order valence-corrected chi connectivity index (χ4v) is 3.19. The molecule has 0 aliphatic heterocycles. The highest BCUT2D eigenvalue weighted by atomic mass is 16.4. The predicted molar refractivity (Wildman–Crippen MR) is 74.5 cm³/mol. The van der Waals surface area contributed by atoms with Crippen LogP contribution in [-0.4, -0.2) is 22.2 Å². The van der Waals surface area contributed by atoms with Crippen LogP contribution in [0.4, 0.5) is 0 Å². The van der Waals surface area contributed by atoms with Gasteiger partial charge in [0, 0.05) is 0 Å².